The van der Waals surface area contributed by atoms with Gasteiger partial charge in [0.1, 0.15) is 17.0 Å². The average molecular weight is 497 g/mol. The van der Waals surface area contributed by atoms with E-state index in [0.29, 0.717) is 10.9 Å². The molecule has 0 aliphatic carbocycles. The van der Waals surface area contributed by atoms with Gasteiger partial charge in [0.2, 0.25) is 0 Å². The number of ether oxygens (including phenoxy) is 1. The predicted octanol–water partition coefficient (Wildman–Crippen LogP) is 4.16. The van der Waals surface area contributed by atoms with Crippen molar-refractivity contribution < 1.29 is 22.3 Å². The summed E-state index contributed by atoms with van der Waals surface area (Å²) in [7, 11) is -2.07. The maximum atomic E-state index is 15.1. The smallest absolute Gasteiger partial charge is 0.354 e. The van der Waals surface area contributed by atoms with Crippen molar-refractivity contribution in [2.75, 3.05) is 12.4 Å². The summed E-state index contributed by atoms with van der Waals surface area (Å²) in [5, 5.41) is 0.331. The van der Waals surface area contributed by atoms with E-state index in [0.717, 1.165) is 11.6 Å². The van der Waals surface area contributed by atoms with Crippen LogP contribution in [0.15, 0.2) is 70.5 Å². The molecule has 9 heteroatoms. The molecule has 0 unspecified atom stereocenters. The van der Waals surface area contributed by atoms with Crippen LogP contribution in [0.2, 0.25) is 0 Å². The Morgan fingerprint density at radius 2 is 1.74 bits per heavy atom. The molecule has 2 aromatic heterocycles. The fourth-order valence-corrected chi connectivity index (χ4v) is 4.97. The summed E-state index contributed by atoms with van der Waals surface area (Å²) in [6, 6.07) is 14.4. The molecule has 0 fully saturated rings. The molecule has 0 N–H and O–H groups in total. The van der Waals surface area contributed by atoms with Gasteiger partial charge in [-0.25, -0.2) is 17.6 Å². The third-order valence-electron chi connectivity index (χ3n) is 5.87. The zero-order valence-electron chi connectivity index (χ0n) is 19.6. The van der Waals surface area contributed by atoms with Gasteiger partial charge in [-0.3, -0.25) is 4.79 Å². The van der Waals surface area contributed by atoms with Crippen molar-refractivity contribution >= 4 is 26.7 Å². The van der Waals surface area contributed by atoms with Crippen molar-refractivity contribution in [1.82, 2.24) is 9.13 Å². The summed E-state index contributed by atoms with van der Waals surface area (Å²) in [5.74, 6) is -1.40. The number of aromatic nitrogens is 2. The molecule has 4 rings (SSSR count). The molecule has 0 spiro atoms. The van der Waals surface area contributed by atoms with Gasteiger partial charge in [-0.2, -0.15) is 0 Å². The van der Waals surface area contributed by atoms with Crippen LogP contribution in [0.4, 0.5) is 4.39 Å². The topological polar surface area (TPSA) is 87.4 Å². The number of hydrogen-bond donors (Lipinski definition) is 0. The SMILES string of the molecule is CCOC(=O)c1cc2c(-c3cc(S(=O)(=O)CC)ccc3F)cn(C)c(=O)c2n1Cc1ccccc1. The van der Waals surface area contributed by atoms with Gasteiger partial charge < -0.3 is 13.9 Å². The van der Waals surface area contributed by atoms with Gasteiger partial charge in [-0.1, -0.05) is 37.3 Å². The molecule has 35 heavy (non-hydrogen) atoms. The Balaban J connectivity index is 2.06. The number of carbonyl (C=O) groups excluding carboxylic acids is 1. The lowest BCUT2D eigenvalue weighted by Gasteiger charge is -2.13. The minimum Gasteiger partial charge on any atom is -0.461 e. The number of benzene rings is 2. The molecule has 0 saturated heterocycles. The van der Waals surface area contributed by atoms with Crippen molar-refractivity contribution in [3.05, 3.63) is 88.2 Å². The number of nitrogens with zero attached hydrogens (tertiary/aromatic N) is 2. The highest BCUT2D eigenvalue weighted by Gasteiger charge is 2.24. The third-order valence-corrected chi connectivity index (χ3v) is 7.60. The number of pyridine rings is 1. The van der Waals surface area contributed by atoms with Gasteiger partial charge in [-0.05, 0) is 36.8 Å². The van der Waals surface area contributed by atoms with Crippen molar-refractivity contribution in [1.29, 1.82) is 0 Å². The van der Waals surface area contributed by atoms with E-state index in [-0.39, 0.29) is 46.1 Å². The summed E-state index contributed by atoms with van der Waals surface area (Å²) in [5.41, 5.74) is 1.13. The monoisotopic (exact) mass is 496 g/mol. The van der Waals surface area contributed by atoms with Gasteiger partial charge in [0, 0.05) is 36.3 Å². The Morgan fingerprint density at radius 3 is 2.40 bits per heavy atom. The Morgan fingerprint density at radius 1 is 1.03 bits per heavy atom. The first-order chi connectivity index (χ1) is 16.7. The number of halogens is 1. The number of hydrogen-bond acceptors (Lipinski definition) is 5. The first kappa shape index (κ1) is 24.4. The van der Waals surface area contributed by atoms with E-state index in [1.54, 1.807) is 11.5 Å². The van der Waals surface area contributed by atoms with Gasteiger partial charge in [0.25, 0.3) is 5.56 Å². The van der Waals surface area contributed by atoms with Crippen molar-refractivity contribution in [3.8, 4) is 11.1 Å². The fourth-order valence-electron chi connectivity index (χ4n) is 4.06. The quantitative estimate of drug-likeness (QED) is 0.283. The Labute approximate surface area is 202 Å². The van der Waals surface area contributed by atoms with E-state index in [4.69, 9.17) is 4.74 Å². The van der Waals surface area contributed by atoms with Crippen LogP contribution in [0.3, 0.4) is 0 Å². The Kier molecular flexibility index (Phi) is 6.62. The van der Waals surface area contributed by atoms with E-state index in [9.17, 15) is 18.0 Å². The fraction of sp³-hybridized carbons (Fsp3) is 0.231. The minimum absolute atomic E-state index is 0.0206. The average Bonchev–Trinajstić information content (AvgIpc) is 3.22. The largest absolute Gasteiger partial charge is 0.461 e. The van der Waals surface area contributed by atoms with Crippen LogP contribution in [-0.2, 0) is 28.2 Å². The molecule has 7 nitrogen and oxygen atoms in total. The first-order valence-electron chi connectivity index (χ1n) is 11.1. The van der Waals surface area contributed by atoms with Crippen LogP contribution in [0.5, 0.6) is 0 Å². The van der Waals surface area contributed by atoms with Gasteiger partial charge in [0.05, 0.1) is 17.3 Å². The molecule has 182 valence electrons. The first-order valence-corrected chi connectivity index (χ1v) is 12.8. The lowest BCUT2D eigenvalue weighted by atomic mass is 10.0. The van der Waals surface area contributed by atoms with Crippen LogP contribution in [0, 0.1) is 5.82 Å². The molecule has 0 aliphatic heterocycles. The van der Waals surface area contributed by atoms with Crippen LogP contribution >= 0.6 is 0 Å². The molecule has 0 bridgehead atoms. The number of esters is 1. The number of aryl methyl sites for hydroxylation is 1. The summed E-state index contributed by atoms with van der Waals surface area (Å²) < 4.78 is 48.1. The predicted molar refractivity (Wildman–Crippen MR) is 132 cm³/mol. The molecule has 2 aromatic carbocycles. The number of carbonyl (C=O) groups is 1. The van der Waals surface area contributed by atoms with Gasteiger partial charge in [-0.15, -0.1) is 0 Å². The van der Waals surface area contributed by atoms with E-state index in [1.807, 2.05) is 30.3 Å². The number of sulfone groups is 1. The van der Waals surface area contributed by atoms with E-state index < -0.39 is 21.6 Å². The van der Waals surface area contributed by atoms with E-state index in [1.165, 1.54) is 42.9 Å². The second-order valence-corrected chi connectivity index (χ2v) is 10.4. The molecule has 0 amide bonds. The Hall–Kier alpha value is -3.72. The lowest BCUT2D eigenvalue weighted by molar-refractivity contribution is 0.0515. The summed E-state index contributed by atoms with van der Waals surface area (Å²) in [6.45, 7) is 3.55. The molecule has 0 aliphatic rings. The number of fused-ring (bicyclic) bond motifs is 1. The third kappa shape index (κ3) is 4.51. The second kappa shape index (κ2) is 9.50. The molecular formula is C26H25FN2O5S. The van der Waals surface area contributed by atoms with Crippen LogP contribution in [0.25, 0.3) is 22.0 Å². The van der Waals surface area contributed by atoms with Gasteiger partial charge in [0.15, 0.2) is 9.84 Å². The number of rotatable bonds is 7. The van der Waals surface area contributed by atoms with E-state index >= 15 is 4.39 Å². The maximum Gasteiger partial charge on any atom is 0.354 e. The van der Waals surface area contributed by atoms with E-state index in [2.05, 4.69) is 0 Å². The molecule has 0 saturated carbocycles. The van der Waals surface area contributed by atoms with Crippen molar-refractivity contribution in [3.63, 3.8) is 0 Å². The van der Waals surface area contributed by atoms with Crippen molar-refractivity contribution in [2.45, 2.75) is 25.3 Å². The minimum atomic E-state index is -3.60. The molecule has 4 aromatic rings. The molecular weight excluding hydrogens is 471 g/mol. The highest BCUT2D eigenvalue weighted by atomic mass is 32.2. The van der Waals surface area contributed by atoms with Crippen LogP contribution < -0.4 is 5.56 Å². The Bertz CT molecular complexity index is 1590. The summed E-state index contributed by atoms with van der Waals surface area (Å²) in [4.78, 5) is 26.1. The normalized spacial score (nSPS) is 11.7. The second-order valence-electron chi connectivity index (χ2n) is 8.09. The zero-order chi connectivity index (χ0) is 25.3. The van der Waals surface area contributed by atoms with Crippen LogP contribution in [-0.4, -0.2) is 35.9 Å². The van der Waals surface area contributed by atoms with Crippen LogP contribution in [0.1, 0.15) is 29.9 Å². The highest BCUT2D eigenvalue weighted by Crippen LogP contribution is 2.33. The maximum absolute atomic E-state index is 15.1. The lowest BCUT2D eigenvalue weighted by Crippen LogP contribution is -2.21. The summed E-state index contributed by atoms with van der Waals surface area (Å²) in [6.07, 6.45) is 1.45. The summed E-state index contributed by atoms with van der Waals surface area (Å²) >= 11 is 0. The molecule has 0 radical (unpaired) electrons. The van der Waals surface area contributed by atoms with Gasteiger partial charge >= 0.3 is 5.97 Å². The molecule has 2 heterocycles. The van der Waals surface area contributed by atoms with Crippen molar-refractivity contribution in [2.24, 2.45) is 7.05 Å². The molecule has 0 atom stereocenters. The zero-order valence-corrected chi connectivity index (χ0v) is 20.4. The standard InChI is InChI=1S/C26H25FN2O5S/c1-4-34-26(31)23-14-20-21(19-13-18(11-12-22(19)27)35(32,33)5-2)16-28(3)25(30)24(20)29(23)15-17-9-7-6-8-10-17/h6-14,16H,4-5,15H2,1-3H3. The highest BCUT2D eigenvalue weighted by molar-refractivity contribution is 7.91.